The van der Waals surface area contributed by atoms with E-state index >= 15 is 0 Å². The average molecular weight is 412 g/mol. The van der Waals surface area contributed by atoms with E-state index in [4.69, 9.17) is 16.3 Å². The van der Waals surface area contributed by atoms with Gasteiger partial charge in [-0.05, 0) is 32.0 Å². The summed E-state index contributed by atoms with van der Waals surface area (Å²) in [4.78, 5) is 16.8. The molecule has 0 aliphatic carbocycles. The van der Waals surface area contributed by atoms with Crippen molar-refractivity contribution in [1.29, 1.82) is 0 Å². The second-order valence-corrected chi connectivity index (χ2v) is 7.48. The maximum atomic E-state index is 12.9. The number of aromatic nitrogens is 3. The van der Waals surface area contributed by atoms with E-state index in [9.17, 15) is 18.0 Å². The number of hydrogen-bond acceptors (Lipinski definition) is 3. The zero-order valence-corrected chi connectivity index (χ0v) is 15.9. The number of rotatable bonds is 4. The third-order valence-electron chi connectivity index (χ3n) is 4.71. The van der Waals surface area contributed by atoms with Crippen LogP contribution in [0.2, 0.25) is 5.02 Å². The van der Waals surface area contributed by atoms with Crippen LogP contribution in [0.15, 0.2) is 35.3 Å². The fourth-order valence-corrected chi connectivity index (χ4v) is 3.56. The van der Waals surface area contributed by atoms with Crippen LogP contribution in [0.3, 0.4) is 0 Å². The van der Waals surface area contributed by atoms with Gasteiger partial charge in [-0.1, -0.05) is 17.7 Å². The Morgan fingerprint density at radius 2 is 2.00 bits per heavy atom. The van der Waals surface area contributed by atoms with Crippen LogP contribution in [-0.4, -0.2) is 26.8 Å². The Balaban J connectivity index is 1.87. The van der Waals surface area contributed by atoms with Crippen molar-refractivity contribution in [2.24, 2.45) is 0 Å². The van der Waals surface area contributed by atoms with Crippen LogP contribution >= 0.6 is 11.6 Å². The van der Waals surface area contributed by atoms with Gasteiger partial charge in [-0.3, -0.25) is 14.1 Å². The van der Waals surface area contributed by atoms with Crippen LogP contribution in [0.25, 0.3) is 22.3 Å². The van der Waals surface area contributed by atoms with Gasteiger partial charge in [0.05, 0.1) is 46.6 Å². The molecule has 0 N–H and O–H groups in total. The molecule has 0 amide bonds. The Morgan fingerprint density at radius 1 is 1.29 bits per heavy atom. The molecule has 0 saturated carbocycles. The fraction of sp³-hybridized carbons (Fsp3) is 0.368. The number of epoxide rings is 1. The van der Waals surface area contributed by atoms with Crippen molar-refractivity contribution in [1.82, 2.24) is 14.1 Å². The van der Waals surface area contributed by atoms with E-state index in [0.717, 1.165) is 17.8 Å². The third-order valence-corrected chi connectivity index (χ3v) is 5.00. The molecule has 1 aromatic carbocycles. The number of alkyl halides is 3. The van der Waals surface area contributed by atoms with Gasteiger partial charge in [0.1, 0.15) is 0 Å². The van der Waals surface area contributed by atoms with Crippen molar-refractivity contribution in [3.8, 4) is 11.3 Å². The van der Waals surface area contributed by atoms with Gasteiger partial charge in [0.2, 0.25) is 0 Å². The van der Waals surface area contributed by atoms with E-state index in [-0.39, 0.29) is 28.6 Å². The number of nitrogens with zero attached hydrogens (tertiary/aromatic N) is 3. The maximum absolute atomic E-state index is 12.9. The summed E-state index contributed by atoms with van der Waals surface area (Å²) >= 11 is 6.09. The standard InChI is InChI=1S/C19H17ClF3N3O2/c1-10(2)26-15-4-3-11(5-16(15)25(18(26)27)8-13-9-28-13)17-14(20)6-12(7-24-17)19(21,22)23/h3-7,10,13H,8-9H2,1-2H3. The second-order valence-electron chi connectivity index (χ2n) is 7.07. The largest absolute Gasteiger partial charge is 0.417 e. The van der Waals surface area contributed by atoms with Crippen molar-refractivity contribution in [2.75, 3.05) is 6.61 Å². The summed E-state index contributed by atoms with van der Waals surface area (Å²) in [5, 5.41) is -0.100. The van der Waals surface area contributed by atoms with E-state index in [1.165, 1.54) is 0 Å². The van der Waals surface area contributed by atoms with Crippen molar-refractivity contribution >= 4 is 22.6 Å². The van der Waals surface area contributed by atoms with E-state index in [1.807, 2.05) is 13.8 Å². The van der Waals surface area contributed by atoms with E-state index in [1.54, 1.807) is 27.3 Å². The summed E-state index contributed by atoms with van der Waals surface area (Å²) in [7, 11) is 0. The molecular formula is C19H17ClF3N3O2. The van der Waals surface area contributed by atoms with Crippen LogP contribution < -0.4 is 5.69 Å². The monoisotopic (exact) mass is 411 g/mol. The Bertz CT molecular complexity index is 1110. The molecule has 3 aromatic rings. The van der Waals surface area contributed by atoms with Gasteiger partial charge in [0.25, 0.3) is 0 Å². The maximum Gasteiger partial charge on any atom is 0.417 e. The molecule has 1 saturated heterocycles. The first-order valence-electron chi connectivity index (χ1n) is 8.76. The lowest BCUT2D eigenvalue weighted by Gasteiger charge is -2.10. The number of benzene rings is 1. The van der Waals surface area contributed by atoms with Crippen LogP contribution in [-0.2, 0) is 17.5 Å². The molecule has 1 atom stereocenters. The molecule has 4 rings (SSSR count). The molecule has 1 unspecified atom stereocenters. The van der Waals surface area contributed by atoms with Crippen molar-refractivity contribution < 1.29 is 17.9 Å². The van der Waals surface area contributed by atoms with Gasteiger partial charge < -0.3 is 4.74 Å². The van der Waals surface area contributed by atoms with Gasteiger partial charge in [0, 0.05) is 17.8 Å². The topological polar surface area (TPSA) is 52.4 Å². The van der Waals surface area contributed by atoms with Crippen molar-refractivity contribution in [3.05, 3.63) is 51.5 Å². The summed E-state index contributed by atoms with van der Waals surface area (Å²) in [6.07, 6.45) is -3.76. The zero-order valence-electron chi connectivity index (χ0n) is 15.1. The fourth-order valence-electron chi connectivity index (χ4n) is 3.28. The van der Waals surface area contributed by atoms with Gasteiger partial charge in [0.15, 0.2) is 0 Å². The summed E-state index contributed by atoms with van der Waals surface area (Å²) in [6.45, 7) is 4.86. The lowest BCUT2D eigenvalue weighted by atomic mass is 10.1. The van der Waals surface area contributed by atoms with E-state index in [0.29, 0.717) is 24.2 Å². The van der Waals surface area contributed by atoms with Crippen LogP contribution in [0.1, 0.15) is 25.5 Å². The Kier molecular flexibility index (Phi) is 4.50. The second kappa shape index (κ2) is 6.63. The van der Waals surface area contributed by atoms with Gasteiger partial charge >= 0.3 is 11.9 Å². The van der Waals surface area contributed by atoms with Crippen LogP contribution in [0.5, 0.6) is 0 Å². The first-order chi connectivity index (χ1) is 13.2. The number of imidazole rings is 1. The zero-order chi connectivity index (χ0) is 20.2. The highest BCUT2D eigenvalue weighted by atomic mass is 35.5. The number of fused-ring (bicyclic) bond motifs is 1. The summed E-state index contributed by atoms with van der Waals surface area (Å²) in [6, 6.07) is 6.03. The molecule has 148 valence electrons. The SMILES string of the molecule is CC(C)n1c(=O)n(CC2CO2)c2cc(-c3ncc(C(F)(F)F)cc3Cl)ccc21. The van der Waals surface area contributed by atoms with Crippen LogP contribution in [0, 0.1) is 0 Å². The molecule has 9 heteroatoms. The van der Waals surface area contributed by atoms with Crippen LogP contribution in [0.4, 0.5) is 13.2 Å². The van der Waals surface area contributed by atoms with E-state index in [2.05, 4.69) is 4.98 Å². The number of pyridine rings is 1. The molecule has 5 nitrogen and oxygen atoms in total. The normalized spacial score (nSPS) is 16.9. The highest BCUT2D eigenvalue weighted by Gasteiger charge is 2.32. The minimum absolute atomic E-state index is 0.000324. The Hall–Kier alpha value is -2.32. The minimum Gasteiger partial charge on any atom is -0.371 e. The van der Waals surface area contributed by atoms with E-state index < -0.39 is 11.7 Å². The molecule has 0 radical (unpaired) electrons. The first-order valence-corrected chi connectivity index (χ1v) is 9.14. The highest BCUT2D eigenvalue weighted by molar-refractivity contribution is 6.33. The molecule has 0 spiro atoms. The van der Waals surface area contributed by atoms with Crippen molar-refractivity contribution in [3.63, 3.8) is 0 Å². The first kappa shape index (κ1) is 19.0. The molecule has 1 aliphatic heterocycles. The third kappa shape index (κ3) is 3.31. The lowest BCUT2D eigenvalue weighted by Crippen LogP contribution is -2.26. The molecule has 1 fully saturated rings. The molecule has 3 heterocycles. The predicted octanol–water partition coefficient (Wildman–Crippen LogP) is 4.52. The molecule has 0 bridgehead atoms. The predicted molar refractivity (Wildman–Crippen MR) is 99.6 cm³/mol. The highest BCUT2D eigenvalue weighted by Crippen LogP contribution is 2.35. The minimum atomic E-state index is -4.52. The van der Waals surface area contributed by atoms with Crippen molar-refractivity contribution in [2.45, 2.75) is 38.7 Å². The molecule has 28 heavy (non-hydrogen) atoms. The lowest BCUT2D eigenvalue weighted by molar-refractivity contribution is -0.137. The summed E-state index contributed by atoms with van der Waals surface area (Å²) < 4.78 is 47.2. The smallest absolute Gasteiger partial charge is 0.371 e. The summed E-state index contributed by atoms with van der Waals surface area (Å²) in [5.74, 6) is 0. The van der Waals surface area contributed by atoms with Gasteiger partial charge in [-0.15, -0.1) is 0 Å². The number of ether oxygens (including phenoxy) is 1. The summed E-state index contributed by atoms with van der Waals surface area (Å²) in [5.41, 5.74) is 1.13. The van der Waals surface area contributed by atoms with Gasteiger partial charge in [-0.25, -0.2) is 4.79 Å². The molecular weight excluding hydrogens is 395 g/mol. The molecule has 1 aliphatic rings. The quantitative estimate of drug-likeness (QED) is 0.593. The van der Waals surface area contributed by atoms with Gasteiger partial charge in [-0.2, -0.15) is 13.2 Å². The average Bonchev–Trinajstić information content (AvgIpc) is 3.38. The molecule has 2 aromatic heterocycles. The Morgan fingerprint density at radius 3 is 2.57 bits per heavy atom. The number of halogens is 4. The Labute approximate surface area is 163 Å². The number of hydrogen-bond donors (Lipinski definition) is 0.